The number of aryl methyl sites for hydroxylation is 1. The van der Waals surface area contributed by atoms with E-state index in [1.54, 1.807) is 13.3 Å². The van der Waals surface area contributed by atoms with E-state index in [1.807, 2.05) is 13.8 Å². The Balaban J connectivity index is 2.15. The molecule has 1 heterocycles. The second-order valence-electron chi connectivity index (χ2n) is 4.85. The minimum absolute atomic E-state index is 0.123. The fourth-order valence-electron chi connectivity index (χ4n) is 2.18. The molecule has 0 unspecified atom stereocenters. The Kier molecular flexibility index (Phi) is 4.70. The van der Waals surface area contributed by atoms with Gasteiger partial charge in [-0.1, -0.05) is 0 Å². The second kappa shape index (κ2) is 6.51. The van der Waals surface area contributed by atoms with Crippen molar-refractivity contribution >= 4 is 5.91 Å². The Hall–Kier alpha value is -2.50. The van der Waals surface area contributed by atoms with Crippen molar-refractivity contribution in [2.45, 2.75) is 20.4 Å². The molecule has 4 nitrogen and oxygen atoms in total. The highest BCUT2D eigenvalue weighted by Crippen LogP contribution is 2.23. The van der Waals surface area contributed by atoms with Crippen molar-refractivity contribution in [1.82, 2.24) is 10.3 Å². The van der Waals surface area contributed by atoms with Crippen LogP contribution in [0.5, 0.6) is 5.75 Å². The molecule has 6 heteroatoms. The molecule has 2 rings (SSSR count). The zero-order chi connectivity index (χ0) is 16.3. The van der Waals surface area contributed by atoms with Gasteiger partial charge in [0.05, 0.1) is 24.9 Å². The summed E-state index contributed by atoms with van der Waals surface area (Å²) in [5, 5.41) is 2.57. The van der Waals surface area contributed by atoms with E-state index in [4.69, 9.17) is 4.74 Å². The molecule has 1 amide bonds. The summed E-state index contributed by atoms with van der Waals surface area (Å²) in [7, 11) is 1.56. The molecule has 0 aliphatic heterocycles. The molecule has 1 aromatic heterocycles. The van der Waals surface area contributed by atoms with Crippen LogP contribution in [0.1, 0.15) is 27.2 Å². The van der Waals surface area contributed by atoms with Crippen LogP contribution in [-0.2, 0) is 6.54 Å². The number of rotatable bonds is 4. The third-order valence-electron chi connectivity index (χ3n) is 3.34. The third kappa shape index (κ3) is 3.21. The smallest absolute Gasteiger partial charge is 0.254 e. The number of hydrogen-bond donors (Lipinski definition) is 1. The van der Waals surface area contributed by atoms with Gasteiger partial charge in [0.2, 0.25) is 0 Å². The zero-order valence-corrected chi connectivity index (χ0v) is 12.5. The fraction of sp³-hybridized carbons (Fsp3) is 0.250. The van der Waals surface area contributed by atoms with E-state index in [2.05, 4.69) is 10.3 Å². The number of nitrogens with zero attached hydrogens (tertiary/aromatic N) is 1. The van der Waals surface area contributed by atoms with Crippen molar-refractivity contribution in [3.05, 3.63) is 58.4 Å². The summed E-state index contributed by atoms with van der Waals surface area (Å²) < 4.78 is 31.7. The van der Waals surface area contributed by atoms with E-state index in [0.717, 1.165) is 23.3 Å². The van der Waals surface area contributed by atoms with E-state index < -0.39 is 17.5 Å². The molecule has 0 radical (unpaired) electrons. The average Bonchev–Trinajstić information content (AvgIpc) is 2.46. The number of nitrogens with one attached hydrogen (secondary N) is 1. The number of benzene rings is 1. The molecular weight excluding hydrogens is 290 g/mol. The Labute approximate surface area is 127 Å². The van der Waals surface area contributed by atoms with Crippen LogP contribution in [0.4, 0.5) is 8.78 Å². The van der Waals surface area contributed by atoms with E-state index in [0.29, 0.717) is 17.5 Å². The Bertz CT molecular complexity index is 718. The van der Waals surface area contributed by atoms with Crippen molar-refractivity contribution in [2.24, 2.45) is 0 Å². The van der Waals surface area contributed by atoms with Crippen LogP contribution in [0.2, 0.25) is 0 Å². The molecule has 0 atom stereocenters. The molecule has 0 fully saturated rings. The van der Waals surface area contributed by atoms with Gasteiger partial charge in [-0.15, -0.1) is 0 Å². The first kappa shape index (κ1) is 15.9. The minimum Gasteiger partial charge on any atom is -0.496 e. The number of methoxy groups -OCH3 is 1. The Morgan fingerprint density at radius 1 is 1.32 bits per heavy atom. The Morgan fingerprint density at radius 3 is 2.68 bits per heavy atom. The summed E-state index contributed by atoms with van der Waals surface area (Å²) in [6.07, 6.45) is 1.64. The standard InChI is InChI=1S/C16H16F2N2O2/c1-9-7-19-14(10(2)15(9)22-3)8-20-16(21)12-5-4-11(17)6-13(12)18/h4-7H,8H2,1-3H3,(H,20,21). The van der Waals surface area contributed by atoms with Gasteiger partial charge in [-0.2, -0.15) is 0 Å². The first-order valence-corrected chi connectivity index (χ1v) is 6.66. The average molecular weight is 306 g/mol. The van der Waals surface area contributed by atoms with Crippen molar-refractivity contribution < 1.29 is 18.3 Å². The topological polar surface area (TPSA) is 51.2 Å². The highest BCUT2D eigenvalue weighted by atomic mass is 19.1. The number of ether oxygens (including phenoxy) is 1. The lowest BCUT2D eigenvalue weighted by atomic mass is 10.1. The number of amides is 1. The number of pyridine rings is 1. The van der Waals surface area contributed by atoms with Gasteiger partial charge in [-0.05, 0) is 26.0 Å². The summed E-state index contributed by atoms with van der Waals surface area (Å²) in [4.78, 5) is 16.2. The summed E-state index contributed by atoms with van der Waals surface area (Å²) in [6, 6.07) is 2.82. The molecule has 0 spiro atoms. The van der Waals surface area contributed by atoms with Gasteiger partial charge in [0.1, 0.15) is 17.4 Å². The van der Waals surface area contributed by atoms with Crippen molar-refractivity contribution in [1.29, 1.82) is 0 Å². The third-order valence-corrected chi connectivity index (χ3v) is 3.34. The summed E-state index contributed by atoms with van der Waals surface area (Å²) in [5.41, 5.74) is 2.11. The lowest BCUT2D eigenvalue weighted by Gasteiger charge is -2.13. The number of carbonyl (C=O) groups is 1. The highest BCUT2D eigenvalue weighted by Gasteiger charge is 2.14. The number of hydrogen-bond acceptors (Lipinski definition) is 3. The van der Waals surface area contributed by atoms with Gasteiger partial charge in [0, 0.05) is 23.4 Å². The largest absolute Gasteiger partial charge is 0.496 e. The predicted octanol–water partition coefficient (Wildman–Crippen LogP) is 2.92. The van der Waals surface area contributed by atoms with Crippen molar-refractivity contribution in [3.63, 3.8) is 0 Å². The molecule has 22 heavy (non-hydrogen) atoms. The molecule has 0 bridgehead atoms. The minimum atomic E-state index is -0.899. The second-order valence-corrected chi connectivity index (χ2v) is 4.85. The SMILES string of the molecule is COc1c(C)cnc(CNC(=O)c2ccc(F)cc2F)c1C. The maximum absolute atomic E-state index is 13.5. The molecule has 0 aliphatic carbocycles. The van der Waals surface area contributed by atoms with Crippen LogP contribution < -0.4 is 10.1 Å². The summed E-state index contributed by atoms with van der Waals surface area (Å²) in [5.74, 6) is -1.55. The van der Waals surface area contributed by atoms with Gasteiger partial charge >= 0.3 is 0 Å². The predicted molar refractivity (Wildman–Crippen MR) is 77.8 cm³/mol. The molecule has 0 saturated carbocycles. The van der Waals surface area contributed by atoms with Crippen LogP contribution in [0.25, 0.3) is 0 Å². The van der Waals surface area contributed by atoms with Gasteiger partial charge in [0.25, 0.3) is 5.91 Å². The first-order chi connectivity index (χ1) is 10.4. The quantitative estimate of drug-likeness (QED) is 0.945. The zero-order valence-electron chi connectivity index (χ0n) is 12.5. The van der Waals surface area contributed by atoms with Crippen molar-refractivity contribution in [2.75, 3.05) is 7.11 Å². The van der Waals surface area contributed by atoms with Gasteiger partial charge in [0.15, 0.2) is 0 Å². The van der Waals surface area contributed by atoms with E-state index >= 15 is 0 Å². The molecular formula is C16H16F2N2O2. The molecule has 1 N–H and O–H groups in total. The highest BCUT2D eigenvalue weighted by molar-refractivity contribution is 5.94. The van der Waals surface area contributed by atoms with Crippen LogP contribution in [0.3, 0.4) is 0 Å². The molecule has 0 saturated heterocycles. The van der Waals surface area contributed by atoms with Crippen LogP contribution >= 0.6 is 0 Å². The van der Waals surface area contributed by atoms with Gasteiger partial charge in [-0.3, -0.25) is 9.78 Å². The molecule has 2 aromatic rings. The lowest BCUT2D eigenvalue weighted by Crippen LogP contribution is -2.25. The van der Waals surface area contributed by atoms with E-state index in [1.165, 1.54) is 0 Å². The van der Waals surface area contributed by atoms with Gasteiger partial charge in [-0.25, -0.2) is 8.78 Å². The van der Waals surface area contributed by atoms with Crippen LogP contribution in [0, 0.1) is 25.5 Å². The van der Waals surface area contributed by atoms with Crippen LogP contribution in [0.15, 0.2) is 24.4 Å². The maximum Gasteiger partial charge on any atom is 0.254 e. The lowest BCUT2D eigenvalue weighted by molar-refractivity contribution is 0.0946. The fourth-order valence-corrected chi connectivity index (χ4v) is 2.18. The molecule has 1 aromatic carbocycles. The summed E-state index contributed by atoms with van der Waals surface area (Å²) in [6.45, 7) is 3.83. The first-order valence-electron chi connectivity index (χ1n) is 6.66. The van der Waals surface area contributed by atoms with E-state index in [-0.39, 0.29) is 12.1 Å². The number of aromatic nitrogens is 1. The molecule has 116 valence electrons. The van der Waals surface area contributed by atoms with Crippen molar-refractivity contribution in [3.8, 4) is 5.75 Å². The molecule has 0 aliphatic rings. The number of carbonyl (C=O) groups excluding carboxylic acids is 1. The number of halogens is 2. The maximum atomic E-state index is 13.5. The normalized spacial score (nSPS) is 10.4. The summed E-state index contributed by atoms with van der Waals surface area (Å²) >= 11 is 0. The monoisotopic (exact) mass is 306 g/mol. The Morgan fingerprint density at radius 2 is 2.05 bits per heavy atom. The van der Waals surface area contributed by atoms with E-state index in [9.17, 15) is 13.6 Å². The van der Waals surface area contributed by atoms with Crippen LogP contribution in [-0.4, -0.2) is 18.0 Å². The van der Waals surface area contributed by atoms with Gasteiger partial charge < -0.3 is 10.1 Å².